The standard InChI is InChI=1S/C14H28N2O/c1-4-15-11(2)10-14(17)16-12(3)13-8-6-5-7-9-13/h11-13,15H,4-10H2,1-3H3,(H,16,17)/t11?,12-/m1/s1. The van der Waals surface area contributed by atoms with E-state index in [1.54, 1.807) is 0 Å². The molecule has 0 bridgehead atoms. The topological polar surface area (TPSA) is 41.1 Å². The Labute approximate surface area is 106 Å². The minimum Gasteiger partial charge on any atom is -0.353 e. The van der Waals surface area contributed by atoms with Gasteiger partial charge in [0, 0.05) is 18.5 Å². The number of rotatable bonds is 6. The van der Waals surface area contributed by atoms with Gasteiger partial charge in [0.1, 0.15) is 0 Å². The lowest BCUT2D eigenvalue weighted by Crippen LogP contribution is -2.41. The number of hydrogen-bond donors (Lipinski definition) is 2. The highest BCUT2D eigenvalue weighted by Crippen LogP contribution is 2.26. The van der Waals surface area contributed by atoms with Crippen molar-refractivity contribution in [2.75, 3.05) is 6.54 Å². The summed E-state index contributed by atoms with van der Waals surface area (Å²) in [5, 5.41) is 6.43. The minimum atomic E-state index is 0.191. The Morgan fingerprint density at radius 2 is 1.88 bits per heavy atom. The van der Waals surface area contributed by atoms with E-state index in [0.717, 1.165) is 6.54 Å². The third-order valence-electron chi connectivity index (χ3n) is 3.79. The number of carbonyl (C=O) groups is 1. The van der Waals surface area contributed by atoms with Crippen LogP contribution in [0, 0.1) is 5.92 Å². The Morgan fingerprint density at radius 1 is 1.24 bits per heavy atom. The Kier molecular flexibility index (Phi) is 6.56. The van der Waals surface area contributed by atoms with Crippen molar-refractivity contribution in [2.24, 2.45) is 5.92 Å². The van der Waals surface area contributed by atoms with Gasteiger partial charge in [0.05, 0.1) is 0 Å². The van der Waals surface area contributed by atoms with Crippen LogP contribution >= 0.6 is 0 Å². The Hall–Kier alpha value is -0.570. The molecule has 0 saturated heterocycles. The molecule has 1 saturated carbocycles. The highest BCUT2D eigenvalue weighted by atomic mass is 16.1. The van der Waals surface area contributed by atoms with E-state index in [9.17, 15) is 4.79 Å². The van der Waals surface area contributed by atoms with E-state index in [1.807, 2.05) is 0 Å². The molecule has 1 amide bonds. The minimum absolute atomic E-state index is 0.191. The third kappa shape index (κ3) is 5.53. The van der Waals surface area contributed by atoms with Crippen LogP contribution in [0.15, 0.2) is 0 Å². The highest BCUT2D eigenvalue weighted by molar-refractivity contribution is 5.76. The fourth-order valence-corrected chi connectivity index (χ4v) is 2.76. The lowest BCUT2D eigenvalue weighted by atomic mass is 9.84. The second-order valence-corrected chi connectivity index (χ2v) is 5.42. The molecule has 0 aromatic heterocycles. The van der Waals surface area contributed by atoms with Gasteiger partial charge in [-0.2, -0.15) is 0 Å². The number of carbonyl (C=O) groups excluding carboxylic acids is 1. The van der Waals surface area contributed by atoms with Crippen LogP contribution in [0.2, 0.25) is 0 Å². The summed E-state index contributed by atoms with van der Waals surface area (Å²) < 4.78 is 0. The van der Waals surface area contributed by atoms with Crippen molar-refractivity contribution in [3.63, 3.8) is 0 Å². The fourth-order valence-electron chi connectivity index (χ4n) is 2.76. The zero-order valence-corrected chi connectivity index (χ0v) is 11.6. The van der Waals surface area contributed by atoms with Crippen molar-refractivity contribution in [1.82, 2.24) is 10.6 Å². The van der Waals surface area contributed by atoms with E-state index in [0.29, 0.717) is 18.4 Å². The summed E-state index contributed by atoms with van der Waals surface area (Å²) in [5.74, 6) is 0.888. The fraction of sp³-hybridized carbons (Fsp3) is 0.929. The van der Waals surface area contributed by atoms with Gasteiger partial charge < -0.3 is 10.6 Å². The van der Waals surface area contributed by atoms with Crippen molar-refractivity contribution >= 4 is 5.91 Å². The second kappa shape index (κ2) is 7.70. The smallest absolute Gasteiger partial charge is 0.221 e. The molecule has 1 fully saturated rings. The van der Waals surface area contributed by atoms with E-state index >= 15 is 0 Å². The maximum Gasteiger partial charge on any atom is 0.221 e. The van der Waals surface area contributed by atoms with Gasteiger partial charge >= 0.3 is 0 Å². The van der Waals surface area contributed by atoms with Crippen LogP contribution in [0.4, 0.5) is 0 Å². The maximum absolute atomic E-state index is 11.8. The summed E-state index contributed by atoms with van der Waals surface area (Å²) >= 11 is 0. The zero-order chi connectivity index (χ0) is 12.7. The van der Waals surface area contributed by atoms with E-state index in [4.69, 9.17) is 0 Å². The normalized spacial score (nSPS) is 20.9. The van der Waals surface area contributed by atoms with Crippen LogP contribution < -0.4 is 10.6 Å². The van der Waals surface area contributed by atoms with Gasteiger partial charge in [-0.3, -0.25) is 4.79 Å². The second-order valence-electron chi connectivity index (χ2n) is 5.42. The van der Waals surface area contributed by atoms with Crippen molar-refractivity contribution < 1.29 is 4.79 Å². The molecule has 0 spiro atoms. The molecule has 3 heteroatoms. The first-order chi connectivity index (χ1) is 8.13. The van der Waals surface area contributed by atoms with Gasteiger partial charge in [-0.05, 0) is 39.2 Å². The van der Waals surface area contributed by atoms with Gasteiger partial charge in [0.25, 0.3) is 0 Å². The van der Waals surface area contributed by atoms with E-state index in [-0.39, 0.29) is 11.9 Å². The Balaban J connectivity index is 2.24. The molecule has 0 heterocycles. The molecule has 17 heavy (non-hydrogen) atoms. The van der Waals surface area contributed by atoms with Crippen LogP contribution in [0.25, 0.3) is 0 Å². The van der Waals surface area contributed by atoms with Gasteiger partial charge in [0.2, 0.25) is 5.91 Å². The highest BCUT2D eigenvalue weighted by Gasteiger charge is 2.21. The molecule has 0 aliphatic heterocycles. The summed E-state index contributed by atoms with van der Waals surface area (Å²) in [6, 6.07) is 0.621. The van der Waals surface area contributed by atoms with Crippen LogP contribution in [0.5, 0.6) is 0 Å². The summed E-state index contributed by atoms with van der Waals surface area (Å²) in [6.45, 7) is 7.21. The molecule has 1 unspecified atom stereocenters. The van der Waals surface area contributed by atoms with Crippen LogP contribution in [0.3, 0.4) is 0 Å². The molecule has 0 aromatic carbocycles. The number of nitrogens with one attached hydrogen (secondary N) is 2. The average molecular weight is 240 g/mol. The summed E-state index contributed by atoms with van der Waals surface area (Å²) in [6.07, 6.45) is 7.19. The Bertz CT molecular complexity index is 224. The van der Waals surface area contributed by atoms with E-state index in [2.05, 4.69) is 31.4 Å². The van der Waals surface area contributed by atoms with Crippen molar-refractivity contribution in [3.05, 3.63) is 0 Å². The maximum atomic E-state index is 11.8. The monoisotopic (exact) mass is 240 g/mol. The largest absolute Gasteiger partial charge is 0.353 e. The van der Waals surface area contributed by atoms with Gasteiger partial charge in [0.15, 0.2) is 0 Å². The SMILES string of the molecule is CCNC(C)CC(=O)N[C@H](C)C1CCCCC1. The van der Waals surface area contributed by atoms with Crippen LogP contribution in [-0.2, 0) is 4.79 Å². The average Bonchev–Trinajstić information content (AvgIpc) is 2.30. The summed E-state index contributed by atoms with van der Waals surface area (Å²) in [4.78, 5) is 11.8. The van der Waals surface area contributed by atoms with Gasteiger partial charge in [-0.1, -0.05) is 26.2 Å². The molecule has 3 nitrogen and oxygen atoms in total. The molecule has 100 valence electrons. The van der Waals surface area contributed by atoms with Gasteiger partial charge in [-0.25, -0.2) is 0 Å². The zero-order valence-electron chi connectivity index (χ0n) is 11.6. The molecule has 0 radical (unpaired) electrons. The van der Waals surface area contributed by atoms with Crippen LogP contribution in [0.1, 0.15) is 59.3 Å². The molecule has 2 N–H and O–H groups in total. The summed E-state index contributed by atoms with van der Waals surface area (Å²) in [7, 11) is 0. The molecule has 1 rings (SSSR count). The van der Waals surface area contributed by atoms with Crippen molar-refractivity contribution in [3.8, 4) is 0 Å². The van der Waals surface area contributed by atoms with Gasteiger partial charge in [-0.15, -0.1) is 0 Å². The number of amides is 1. The third-order valence-corrected chi connectivity index (χ3v) is 3.79. The van der Waals surface area contributed by atoms with E-state index in [1.165, 1.54) is 32.1 Å². The molecule has 2 atom stereocenters. The predicted molar refractivity (Wildman–Crippen MR) is 71.9 cm³/mol. The molecule has 1 aliphatic rings. The molecular formula is C14H28N2O. The lowest BCUT2D eigenvalue weighted by molar-refractivity contribution is -0.122. The van der Waals surface area contributed by atoms with Crippen molar-refractivity contribution in [2.45, 2.75) is 71.4 Å². The first-order valence-corrected chi connectivity index (χ1v) is 7.16. The molecule has 1 aliphatic carbocycles. The van der Waals surface area contributed by atoms with Crippen LogP contribution in [-0.4, -0.2) is 24.5 Å². The van der Waals surface area contributed by atoms with Crippen molar-refractivity contribution in [1.29, 1.82) is 0 Å². The quantitative estimate of drug-likeness (QED) is 0.749. The summed E-state index contributed by atoms with van der Waals surface area (Å²) in [5.41, 5.74) is 0. The number of hydrogen-bond acceptors (Lipinski definition) is 2. The molecule has 0 aromatic rings. The first-order valence-electron chi connectivity index (χ1n) is 7.16. The lowest BCUT2D eigenvalue weighted by Gasteiger charge is -2.28. The first kappa shape index (κ1) is 14.5. The Morgan fingerprint density at radius 3 is 2.47 bits per heavy atom. The predicted octanol–water partition coefficient (Wildman–Crippen LogP) is 2.46. The molecular weight excluding hydrogens is 212 g/mol. The van der Waals surface area contributed by atoms with E-state index < -0.39 is 0 Å².